The first kappa shape index (κ1) is 16.0. The molecule has 0 unspecified atom stereocenters. The lowest BCUT2D eigenvalue weighted by Crippen LogP contribution is -2.16. The minimum Gasteiger partial charge on any atom is -0.494 e. The van der Waals surface area contributed by atoms with Gasteiger partial charge in [-0.2, -0.15) is 0 Å². The summed E-state index contributed by atoms with van der Waals surface area (Å²) in [5.74, 6) is -0.0342. The van der Waals surface area contributed by atoms with E-state index in [9.17, 15) is 18.6 Å². The van der Waals surface area contributed by atoms with Gasteiger partial charge in [-0.25, -0.2) is 8.42 Å². The molecule has 0 aliphatic heterocycles. The van der Waals surface area contributed by atoms with Gasteiger partial charge in [0.15, 0.2) is 11.8 Å². The monoisotopic (exact) mass is 327 g/mol. The number of ether oxygens (including phenoxy) is 1. The zero-order valence-corrected chi connectivity index (χ0v) is 12.9. The highest BCUT2D eigenvalue weighted by Crippen LogP contribution is 2.32. The molecule has 1 aromatic carbocycles. The summed E-state index contributed by atoms with van der Waals surface area (Å²) >= 11 is 0. The molecule has 2 aromatic rings. The van der Waals surface area contributed by atoms with E-state index in [0.29, 0.717) is 11.4 Å². The van der Waals surface area contributed by atoms with Gasteiger partial charge in [0.1, 0.15) is 12.5 Å². The molecule has 8 nitrogen and oxygen atoms in total. The van der Waals surface area contributed by atoms with Gasteiger partial charge in [-0.1, -0.05) is 0 Å². The molecule has 0 fully saturated rings. The highest BCUT2D eigenvalue weighted by molar-refractivity contribution is 7.92. The Kier molecular flexibility index (Phi) is 4.48. The molecule has 120 valence electrons. The van der Waals surface area contributed by atoms with E-state index in [2.05, 4.69) is 10.0 Å². The molecule has 0 radical (unpaired) electrons. The molecule has 0 amide bonds. The summed E-state index contributed by atoms with van der Waals surface area (Å²) in [5.41, 5.74) is 0.575. The highest BCUT2D eigenvalue weighted by atomic mass is 32.2. The smallest absolute Gasteiger partial charge is 0.229 e. The third kappa shape index (κ3) is 3.62. The van der Waals surface area contributed by atoms with Crippen LogP contribution in [-0.4, -0.2) is 43.2 Å². The summed E-state index contributed by atoms with van der Waals surface area (Å²) in [5, 5.41) is 22.3. The van der Waals surface area contributed by atoms with Crippen LogP contribution in [0, 0.1) is 0 Å². The molecular weight excluding hydrogens is 310 g/mol. The van der Waals surface area contributed by atoms with E-state index in [-0.39, 0.29) is 24.2 Å². The fraction of sp³-hybridized carbons (Fsp3) is 0.231. The van der Waals surface area contributed by atoms with Crippen LogP contribution >= 0.6 is 0 Å². The Bertz CT molecular complexity index is 750. The van der Waals surface area contributed by atoms with Gasteiger partial charge in [0.05, 0.1) is 17.6 Å². The van der Waals surface area contributed by atoms with Crippen LogP contribution in [0.5, 0.6) is 17.5 Å². The Labute approximate surface area is 128 Å². The first-order chi connectivity index (χ1) is 10.3. The number of hydrogen-bond donors (Lipinski definition) is 4. The summed E-state index contributed by atoms with van der Waals surface area (Å²) in [6.45, 7) is 0.192. The van der Waals surface area contributed by atoms with E-state index in [4.69, 9.17) is 4.74 Å². The Hall–Kier alpha value is -2.39. The Morgan fingerprint density at radius 1 is 1.18 bits per heavy atom. The molecule has 9 heteroatoms. The average Bonchev–Trinajstić information content (AvgIpc) is 2.75. The van der Waals surface area contributed by atoms with Gasteiger partial charge in [0.2, 0.25) is 10.0 Å². The molecule has 0 atom stereocenters. The first-order valence-electron chi connectivity index (χ1n) is 6.31. The Balaban J connectivity index is 2.49. The number of rotatable bonds is 6. The maximum atomic E-state index is 11.5. The first-order valence-corrected chi connectivity index (χ1v) is 8.20. The predicted molar refractivity (Wildman–Crippen MR) is 82.1 cm³/mol. The van der Waals surface area contributed by atoms with Crippen LogP contribution in [0.3, 0.4) is 0 Å². The van der Waals surface area contributed by atoms with Crippen molar-refractivity contribution in [1.82, 2.24) is 9.88 Å². The minimum atomic E-state index is -3.52. The summed E-state index contributed by atoms with van der Waals surface area (Å²) in [6, 6.07) is 7.22. The zero-order chi connectivity index (χ0) is 16.3. The fourth-order valence-electron chi connectivity index (χ4n) is 1.89. The molecule has 22 heavy (non-hydrogen) atoms. The van der Waals surface area contributed by atoms with Gasteiger partial charge in [-0.05, 0) is 25.2 Å². The van der Waals surface area contributed by atoms with E-state index >= 15 is 0 Å². The summed E-state index contributed by atoms with van der Waals surface area (Å²) < 4.78 is 31.8. The third-order valence-electron chi connectivity index (χ3n) is 2.73. The number of hydrogen-bond acceptors (Lipinski definition) is 6. The summed E-state index contributed by atoms with van der Waals surface area (Å²) in [4.78, 5) is 0. The maximum Gasteiger partial charge on any atom is 0.229 e. The number of aromatic hydroxyl groups is 2. The van der Waals surface area contributed by atoms with Crippen molar-refractivity contribution in [2.45, 2.75) is 0 Å². The summed E-state index contributed by atoms with van der Waals surface area (Å²) in [6.07, 6.45) is 1.02. The summed E-state index contributed by atoms with van der Waals surface area (Å²) in [7, 11) is -1.83. The predicted octanol–water partition coefficient (Wildman–Crippen LogP) is 0.816. The van der Waals surface area contributed by atoms with E-state index in [1.165, 1.54) is 18.2 Å². The van der Waals surface area contributed by atoms with Crippen LogP contribution in [0.1, 0.15) is 0 Å². The van der Waals surface area contributed by atoms with Crippen molar-refractivity contribution in [3.8, 4) is 23.2 Å². The second-order valence-electron chi connectivity index (χ2n) is 4.58. The Morgan fingerprint density at radius 2 is 1.82 bits per heavy atom. The second kappa shape index (κ2) is 6.16. The van der Waals surface area contributed by atoms with Gasteiger partial charge < -0.3 is 14.9 Å². The highest BCUT2D eigenvalue weighted by Gasteiger charge is 2.14. The van der Waals surface area contributed by atoms with Crippen molar-refractivity contribution in [3.63, 3.8) is 0 Å². The second-order valence-corrected chi connectivity index (χ2v) is 6.33. The molecule has 0 aliphatic carbocycles. The maximum absolute atomic E-state index is 11.5. The van der Waals surface area contributed by atoms with E-state index in [1.54, 1.807) is 19.2 Å². The quantitative estimate of drug-likeness (QED) is 0.584. The molecule has 0 aliphatic rings. The van der Waals surface area contributed by atoms with Crippen LogP contribution in [0.25, 0.3) is 5.69 Å². The van der Waals surface area contributed by atoms with Crippen molar-refractivity contribution >= 4 is 15.7 Å². The number of benzene rings is 1. The normalized spacial score (nSPS) is 11.4. The molecule has 4 N–H and O–H groups in total. The van der Waals surface area contributed by atoms with Crippen molar-refractivity contribution in [1.29, 1.82) is 0 Å². The fourth-order valence-corrected chi connectivity index (χ4v) is 2.45. The van der Waals surface area contributed by atoms with Crippen molar-refractivity contribution in [2.75, 3.05) is 24.8 Å². The van der Waals surface area contributed by atoms with E-state index < -0.39 is 10.0 Å². The van der Waals surface area contributed by atoms with Crippen molar-refractivity contribution < 1.29 is 23.4 Å². The Morgan fingerprint density at radius 3 is 2.36 bits per heavy atom. The van der Waals surface area contributed by atoms with Crippen LogP contribution < -0.4 is 14.8 Å². The lowest BCUT2D eigenvalue weighted by molar-refractivity contribution is 0.297. The number of aromatic nitrogens is 1. The van der Waals surface area contributed by atoms with Crippen molar-refractivity contribution in [2.24, 2.45) is 0 Å². The van der Waals surface area contributed by atoms with Crippen LogP contribution in [0.4, 0.5) is 5.69 Å². The van der Waals surface area contributed by atoms with Crippen LogP contribution in [0.15, 0.2) is 30.3 Å². The zero-order valence-electron chi connectivity index (χ0n) is 12.1. The lowest BCUT2D eigenvalue weighted by atomic mass is 10.2. The van der Waals surface area contributed by atoms with E-state index in [1.807, 2.05) is 0 Å². The van der Waals surface area contributed by atoms with Gasteiger partial charge in [0.25, 0.3) is 0 Å². The number of sulfonamides is 1. The standard InChI is InChI=1S/C13H17N3O5S/c1-14-8-21-11-4-3-9(7-10(11)15-22(2,19)20)16-12(17)5-6-13(16)18/h3-7,14-15,17-18H,8H2,1-2H3. The minimum absolute atomic E-state index is 0.174. The molecule has 0 bridgehead atoms. The van der Waals surface area contributed by atoms with Gasteiger partial charge in [0, 0.05) is 12.1 Å². The van der Waals surface area contributed by atoms with Gasteiger partial charge >= 0.3 is 0 Å². The van der Waals surface area contributed by atoms with Gasteiger partial charge in [-0.15, -0.1) is 0 Å². The van der Waals surface area contributed by atoms with E-state index in [0.717, 1.165) is 10.8 Å². The molecule has 1 aromatic heterocycles. The van der Waals surface area contributed by atoms with Crippen LogP contribution in [0.2, 0.25) is 0 Å². The largest absolute Gasteiger partial charge is 0.494 e. The third-order valence-corrected chi connectivity index (χ3v) is 3.32. The lowest BCUT2D eigenvalue weighted by Gasteiger charge is -2.15. The SMILES string of the molecule is CNCOc1ccc(-n2c(O)ccc2O)cc1NS(C)(=O)=O. The number of anilines is 1. The molecule has 1 heterocycles. The molecule has 0 spiro atoms. The number of nitrogens with one attached hydrogen (secondary N) is 2. The topological polar surface area (TPSA) is 113 Å². The van der Waals surface area contributed by atoms with Crippen molar-refractivity contribution in [3.05, 3.63) is 30.3 Å². The molecule has 0 saturated heterocycles. The molecule has 0 saturated carbocycles. The average molecular weight is 327 g/mol. The number of nitrogens with zero attached hydrogens (tertiary/aromatic N) is 1. The van der Waals surface area contributed by atoms with Gasteiger partial charge in [-0.3, -0.25) is 14.6 Å². The molecular formula is C13H17N3O5S. The molecule has 2 rings (SSSR count). The van der Waals surface area contributed by atoms with Crippen LogP contribution in [-0.2, 0) is 10.0 Å².